The summed E-state index contributed by atoms with van der Waals surface area (Å²) in [7, 11) is 0. The summed E-state index contributed by atoms with van der Waals surface area (Å²) in [5, 5.41) is 0. The van der Waals surface area contributed by atoms with Gasteiger partial charge < -0.3 is 10.1 Å². The summed E-state index contributed by atoms with van der Waals surface area (Å²) >= 11 is 0. The van der Waals surface area contributed by atoms with E-state index >= 15 is 0 Å². The number of nitrogens with two attached hydrogens (primary N) is 1. The predicted octanol–water partition coefficient (Wildman–Crippen LogP) is 1.67. The van der Waals surface area contributed by atoms with Crippen LogP contribution in [0.15, 0.2) is 12.3 Å². The summed E-state index contributed by atoms with van der Waals surface area (Å²) in [6, 6.07) is 1.34. The highest BCUT2D eigenvalue weighted by Gasteiger charge is 2.08. The zero-order chi connectivity index (χ0) is 9.59. The Morgan fingerprint density at radius 3 is 2.85 bits per heavy atom. The van der Waals surface area contributed by atoms with Gasteiger partial charge in [-0.3, -0.25) is 0 Å². The van der Waals surface area contributed by atoms with Crippen LogP contribution in [0.4, 0.5) is 10.1 Å². The lowest BCUT2D eigenvalue weighted by Crippen LogP contribution is -2.00. The molecule has 0 aromatic carbocycles. The van der Waals surface area contributed by atoms with Crippen LogP contribution >= 0.6 is 0 Å². The molecular formula is C9H10FN3. The van der Waals surface area contributed by atoms with E-state index in [2.05, 4.69) is 4.98 Å². The minimum Gasteiger partial charge on any atom is -0.395 e. The minimum atomic E-state index is -0.407. The van der Waals surface area contributed by atoms with E-state index in [0.717, 1.165) is 5.69 Å². The highest BCUT2D eigenvalue weighted by molar-refractivity contribution is 5.54. The van der Waals surface area contributed by atoms with Crippen molar-refractivity contribution in [2.75, 3.05) is 5.73 Å². The molecule has 0 saturated heterocycles. The lowest BCUT2D eigenvalue weighted by molar-refractivity contribution is 0.629. The first-order valence-corrected chi connectivity index (χ1v) is 4.00. The van der Waals surface area contributed by atoms with E-state index in [9.17, 15) is 4.39 Å². The number of nitrogens with zero attached hydrogens (tertiary/aromatic N) is 2. The Morgan fingerprint density at radius 1 is 1.46 bits per heavy atom. The molecule has 13 heavy (non-hydrogen) atoms. The number of anilines is 1. The van der Waals surface area contributed by atoms with Crippen molar-refractivity contribution in [1.82, 2.24) is 9.38 Å². The van der Waals surface area contributed by atoms with Gasteiger partial charge in [0.15, 0.2) is 5.82 Å². The topological polar surface area (TPSA) is 43.3 Å². The van der Waals surface area contributed by atoms with Gasteiger partial charge in [0, 0.05) is 18.0 Å². The number of imidazole rings is 1. The number of aryl methyl sites for hydroxylation is 2. The van der Waals surface area contributed by atoms with Crippen molar-refractivity contribution in [1.29, 1.82) is 0 Å². The molecule has 2 rings (SSSR count). The second-order valence-corrected chi connectivity index (χ2v) is 3.10. The van der Waals surface area contributed by atoms with Crippen LogP contribution < -0.4 is 5.73 Å². The molecule has 68 valence electrons. The van der Waals surface area contributed by atoms with Gasteiger partial charge in [-0.2, -0.15) is 0 Å². The fraction of sp³-hybridized carbons (Fsp3) is 0.222. The van der Waals surface area contributed by atoms with Crippen LogP contribution in [0.3, 0.4) is 0 Å². The predicted molar refractivity (Wildman–Crippen MR) is 49.0 cm³/mol. The molecule has 0 saturated carbocycles. The minimum absolute atomic E-state index is 0.185. The fourth-order valence-electron chi connectivity index (χ4n) is 1.38. The second kappa shape index (κ2) is 2.45. The molecule has 2 aromatic heterocycles. The van der Waals surface area contributed by atoms with Crippen molar-refractivity contribution in [2.24, 2.45) is 0 Å². The summed E-state index contributed by atoms with van der Waals surface area (Å²) < 4.78 is 14.9. The van der Waals surface area contributed by atoms with E-state index in [1.807, 2.05) is 13.1 Å². The van der Waals surface area contributed by atoms with Gasteiger partial charge in [-0.05, 0) is 13.8 Å². The van der Waals surface area contributed by atoms with E-state index in [-0.39, 0.29) is 5.69 Å². The average Bonchev–Trinajstić information content (AvgIpc) is 2.42. The highest BCUT2D eigenvalue weighted by Crippen LogP contribution is 2.18. The quantitative estimate of drug-likeness (QED) is 0.668. The number of rotatable bonds is 0. The van der Waals surface area contributed by atoms with Gasteiger partial charge in [0.1, 0.15) is 5.65 Å². The van der Waals surface area contributed by atoms with Gasteiger partial charge in [-0.15, -0.1) is 0 Å². The third-order valence-electron chi connectivity index (χ3n) is 2.12. The molecule has 2 aromatic rings. The van der Waals surface area contributed by atoms with Crippen molar-refractivity contribution in [2.45, 2.75) is 13.8 Å². The molecule has 2 N–H and O–H groups in total. The number of hydrogen-bond donors (Lipinski definition) is 1. The van der Waals surface area contributed by atoms with Crippen LogP contribution in [-0.2, 0) is 0 Å². The van der Waals surface area contributed by atoms with Crippen molar-refractivity contribution < 1.29 is 4.39 Å². The van der Waals surface area contributed by atoms with Gasteiger partial charge in [-0.25, -0.2) is 9.37 Å². The molecule has 2 heterocycles. The third-order valence-corrected chi connectivity index (χ3v) is 2.12. The number of nitrogen functional groups attached to an aromatic ring is 1. The van der Waals surface area contributed by atoms with Crippen LogP contribution in [-0.4, -0.2) is 9.38 Å². The van der Waals surface area contributed by atoms with Crippen molar-refractivity contribution >= 4 is 11.3 Å². The molecule has 0 radical (unpaired) electrons. The first kappa shape index (κ1) is 8.04. The van der Waals surface area contributed by atoms with Crippen molar-refractivity contribution in [3.8, 4) is 0 Å². The van der Waals surface area contributed by atoms with Crippen molar-refractivity contribution in [3.05, 3.63) is 29.5 Å². The maximum Gasteiger partial charge on any atom is 0.151 e. The molecule has 0 aliphatic heterocycles. The molecule has 0 unspecified atom stereocenters. The molecule has 0 amide bonds. The van der Waals surface area contributed by atoms with Gasteiger partial charge in [0.05, 0.1) is 11.4 Å². The lowest BCUT2D eigenvalue weighted by Gasteiger charge is -2.04. The Hall–Kier alpha value is -1.58. The Balaban J connectivity index is 2.92. The molecule has 4 heteroatoms. The number of pyridine rings is 1. The molecule has 3 nitrogen and oxygen atoms in total. The van der Waals surface area contributed by atoms with Crippen LogP contribution in [0, 0.1) is 19.7 Å². The Labute approximate surface area is 75.0 Å². The Bertz CT molecular complexity index is 473. The average molecular weight is 179 g/mol. The van der Waals surface area contributed by atoms with Crippen LogP contribution in [0.5, 0.6) is 0 Å². The summed E-state index contributed by atoms with van der Waals surface area (Å²) in [4.78, 5) is 4.14. The molecule has 0 spiro atoms. The molecule has 0 aliphatic rings. The van der Waals surface area contributed by atoms with E-state index in [4.69, 9.17) is 5.73 Å². The van der Waals surface area contributed by atoms with E-state index in [1.54, 1.807) is 11.3 Å². The molecule has 0 fully saturated rings. The fourth-order valence-corrected chi connectivity index (χ4v) is 1.38. The zero-order valence-electron chi connectivity index (χ0n) is 7.50. The summed E-state index contributed by atoms with van der Waals surface area (Å²) in [6.45, 7) is 3.63. The Morgan fingerprint density at radius 2 is 2.15 bits per heavy atom. The second-order valence-electron chi connectivity index (χ2n) is 3.10. The molecule has 0 aliphatic carbocycles. The maximum absolute atomic E-state index is 13.1. The van der Waals surface area contributed by atoms with Crippen LogP contribution in [0.25, 0.3) is 5.65 Å². The number of aromatic nitrogens is 2. The third kappa shape index (κ3) is 1.06. The number of fused-ring (bicyclic) bond motifs is 1. The SMILES string of the molecule is Cc1cn2c(C)c(N)c(F)cc2n1. The molecular weight excluding hydrogens is 169 g/mol. The van der Waals surface area contributed by atoms with Crippen LogP contribution in [0.2, 0.25) is 0 Å². The summed E-state index contributed by atoms with van der Waals surface area (Å²) in [5.74, 6) is -0.407. The molecule has 0 bridgehead atoms. The maximum atomic E-state index is 13.1. The first-order chi connectivity index (χ1) is 6.09. The van der Waals surface area contributed by atoms with Gasteiger partial charge in [-0.1, -0.05) is 0 Å². The highest BCUT2D eigenvalue weighted by atomic mass is 19.1. The standard InChI is InChI=1S/C9H10FN3/c1-5-4-13-6(2)9(11)7(10)3-8(13)12-5/h3-4H,11H2,1-2H3. The van der Waals surface area contributed by atoms with E-state index in [0.29, 0.717) is 11.3 Å². The summed E-state index contributed by atoms with van der Waals surface area (Å²) in [5.41, 5.74) is 7.86. The lowest BCUT2D eigenvalue weighted by atomic mass is 10.3. The van der Waals surface area contributed by atoms with E-state index < -0.39 is 5.82 Å². The van der Waals surface area contributed by atoms with Gasteiger partial charge >= 0.3 is 0 Å². The van der Waals surface area contributed by atoms with Gasteiger partial charge in [0.2, 0.25) is 0 Å². The monoisotopic (exact) mass is 179 g/mol. The largest absolute Gasteiger partial charge is 0.395 e. The van der Waals surface area contributed by atoms with Crippen molar-refractivity contribution in [3.63, 3.8) is 0 Å². The summed E-state index contributed by atoms with van der Waals surface area (Å²) in [6.07, 6.45) is 1.83. The zero-order valence-corrected chi connectivity index (χ0v) is 7.50. The normalized spacial score (nSPS) is 11.0. The first-order valence-electron chi connectivity index (χ1n) is 4.00. The van der Waals surface area contributed by atoms with Crippen LogP contribution in [0.1, 0.15) is 11.4 Å². The number of halogens is 1. The smallest absolute Gasteiger partial charge is 0.151 e. The molecule has 0 atom stereocenters. The number of hydrogen-bond acceptors (Lipinski definition) is 2. The van der Waals surface area contributed by atoms with E-state index in [1.165, 1.54) is 6.07 Å². The Kier molecular flexibility index (Phi) is 1.52. The van der Waals surface area contributed by atoms with Gasteiger partial charge in [0.25, 0.3) is 0 Å².